The highest BCUT2D eigenvalue weighted by molar-refractivity contribution is 5.00. The molecule has 2 fully saturated rings. The van der Waals surface area contributed by atoms with Crippen LogP contribution in [0.15, 0.2) is 0 Å². The van der Waals surface area contributed by atoms with Crippen LogP contribution in [-0.2, 0) is 0 Å². The molecule has 15 heavy (non-hydrogen) atoms. The summed E-state index contributed by atoms with van der Waals surface area (Å²) in [7, 11) is 0. The normalized spacial score (nSPS) is 34.6. The van der Waals surface area contributed by atoms with Crippen molar-refractivity contribution >= 4 is 0 Å². The lowest BCUT2D eigenvalue weighted by Crippen LogP contribution is -2.72. The van der Waals surface area contributed by atoms with Crippen molar-refractivity contribution in [3.05, 3.63) is 0 Å². The maximum Gasteiger partial charge on any atom is 0.0845 e. The van der Waals surface area contributed by atoms with E-state index in [1.54, 1.807) is 0 Å². The van der Waals surface area contributed by atoms with E-state index in [4.69, 9.17) is 0 Å². The Hall–Kier alpha value is -0.120. The molecule has 0 bridgehead atoms. The van der Waals surface area contributed by atoms with Gasteiger partial charge in [0.05, 0.1) is 5.66 Å². The van der Waals surface area contributed by atoms with Crippen LogP contribution in [0.25, 0.3) is 0 Å². The molecule has 88 valence electrons. The van der Waals surface area contributed by atoms with Crippen molar-refractivity contribution in [1.29, 1.82) is 0 Å². The number of hydrogen-bond donors (Lipinski definition) is 2. The zero-order valence-corrected chi connectivity index (χ0v) is 10.4. The van der Waals surface area contributed by atoms with Crippen LogP contribution in [0.1, 0.15) is 40.0 Å². The molecule has 2 aliphatic heterocycles. The maximum absolute atomic E-state index is 3.75. The number of rotatable bonds is 0. The Balaban J connectivity index is 2.17. The summed E-state index contributed by atoms with van der Waals surface area (Å²) >= 11 is 0. The van der Waals surface area contributed by atoms with Crippen LogP contribution < -0.4 is 10.6 Å². The van der Waals surface area contributed by atoms with Crippen LogP contribution in [0.2, 0.25) is 0 Å². The van der Waals surface area contributed by atoms with E-state index in [9.17, 15) is 0 Å². The van der Waals surface area contributed by atoms with Crippen molar-refractivity contribution < 1.29 is 0 Å². The third kappa shape index (κ3) is 2.19. The van der Waals surface area contributed by atoms with E-state index in [2.05, 4.69) is 36.3 Å². The highest BCUT2D eigenvalue weighted by Gasteiger charge is 2.44. The van der Waals surface area contributed by atoms with Gasteiger partial charge >= 0.3 is 0 Å². The summed E-state index contributed by atoms with van der Waals surface area (Å²) in [5.41, 5.74) is 0.501. The van der Waals surface area contributed by atoms with E-state index in [1.807, 2.05) is 0 Å². The zero-order valence-electron chi connectivity index (χ0n) is 10.4. The van der Waals surface area contributed by atoms with E-state index >= 15 is 0 Å². The SMILES string of the molecule is CC(C)(C)N1CCCNC12CCCNC2. The minimum atomic E-state index is 0.231. The second kappa shape index (κ2) is 4.04. The molecule has 1 atom stereocenters. The van der Waals surface area contributed by atoms with E-state index in [-0.39, 0.29) is 11.2 Å². The first-order valence-electron chi connectivity index (χ1n) is 6.28. The van der Waals surface area contributed by atoms with Gasteiger partial charge in [-0.05, 0) is 53.1 Å². The Bertz CT molecular complexity index is 205. The number of piperidine rings is 1. The van der Waals surface area contributed by atoms with Crippen LogP contribution in [0.3, 0.4) is 0 Å². The maximum atomic E-state index is 3.75. The summed E-state index contributed by atoms with van der Waals surface area (Å²) in [5, 5.41) is 7.30. The molecule has 2 rings (SSSR count). The molecule has 1 unspecified atom stereocenters. The fraction of sp³-hybridized carbons (Fsp3) is 1.00. The fourth-order valence-corrected chi connectivity index (χ4v) is 3.12. The van der Waals surface area contributed by atoms with Gasteiger partial charge in [0.25, 0.3) is 0 Å². The first kappa shape index (κ1) is 11.4. The van der Waals surface area contributed by atoms with Gasteiger partial charge in [0.15, 0.2) is 0 Å². The summed E-state index contributed by atoms with van der Waals surface area (Å²) < 4.78 is 0. The lowest BCUT2D eigenvalue weighted by Gasteiger charge is -2.55. The molecule has 0 aromatic rings. The highest BCUT2D eigenvalue weighted by atomic mass is 15.4. The molecule has 2 saturated heterocycles. The van der Waals surface area contributed by atoms with Gasteiger partial charge in [0.1, 0.15) is 0 Å². The van der Waals surface area contributed by atoms with Gasteiger partial charge in [-0.1, -0.05) is 0 Å². The van der Waals surface area contributed by atoms with Crippen molar-refractivity contribution in [2.45, 2.75) is 51.2 Å². The molecule has 0 radical (unpaired) electrons. The topological polar surface area (TPSA) is 27.3 Å². The molecule has 0 aromatic heterocycles. The lowest BCUT2D eigenvalue weighted by atomic mass is 9.89. The highest BCUT2D eigenvalue weighted by Crippen LogP contribution is 2.31. The standard InChI is InChI=1S/C12H25N3/c1-11(2,3)15-9-5-8-14-12(15)6-4-7-13-10-12/h13-14H,4-10H2,1-3H3. The zero-order chi connectivity index (χ0) is 10.9. The van der Waals surface area contributed by atoms with Crippen molar-refractivity contribution in [3.63, 3.8) is 0 Å². The Morgan fingerprint density at radius 2 is 1.93 bits per heavy atom. The van der Waals surface area contributed by atoms with Crippen LogP contribution in [0.4, 0.5) is 0 Å². The van der Waals surface area contributed by atoms with E-state index in [1.165, 1.54) is 38.9 Å². The van der Waals surface area contributed by atoms with E-state index < -0.39 is 0 Å². The van der Waals surface area contributed by atoms with Gasteiger partial charge in [0.2, 0.25) is 0 Å². The van der Waals surface area contributed by atoms with Crippen LogP contribution >= 0.6 is 0 Å². The van der Waals surface area contributed by atoms with Crippen LogP contribution in [-0.4, -0.2) is 42.3 Å². The largest absolute Gasteiger partial charge is 0.314 e. The third-order valence-electron chi connectivity index (χ3n) is 3.70. The minimum Gasteiger partial charge on any atom is -0.314 e. The second-order valence-electron chi connectivity index (χ2n) is 5.91. The Morgan fingerprint density at radius 3 is 2.53 bits per heavy atom. The Kier molecular flexibility index (Phi) is 3.06. The van der Waals surface area contributed by atoms with E-state index in [0.717, 1.165) is 6.54 Å². The summed E-state index contributed by atoms with van der Waals surface area (Å²) in [6.07, 6.45) is 3.86. The molecule has 0 amide bonds. The van der Waals surface area contributed by atoms with Gasteiger partial charge in [-0.15, -0.1) is 0 Å². The molecule has 2 N–H and O–H groups in total. The van der Waals surface area contributed by atoms with Gasteiger partial charge in [-0.3, -0.25) is 10.2 Å². The molecule has 1 spiro atoms. The molecule has 2 aliphatic rings. The predicted molar refractivity (Wildman–Crippen MR) is 63.9 cm³/mol. The van der Waals surface area contributed by atoms with Crippen molar-refractivity contribution in [3.8, 4) is 0 Å². The molecule has 0 saturated carbocycles. The van der Waals surface area contributed by atoms with Crippen molar-refractivity contribution in [1.82, 2.24) is 15.5 Å². The lowest BCUT2D eigenvalue weighted by molar-refractivity contribution is -0.0539. The second-order valence-corrected chi connectivity index (χ2v) is 5.91. The monoisotopic (exact) mass is 211 g/mol. The molecule has 3 nitrogen and oxygen atoms in total. The summed E-state index contributed by atoms with van der Waals surface area (Å²) in [5.74, 6) is 0. The van der Waals surface area contributed by atoms with Crippen LogP contribution in [0.5, 0.6) is 0 Å². The smallest absolute Gasteiger partial charge is 0.0845 e. The molecule has 0 aromatic carbocycles. The minimum absolute atomic E-state index is 0.231. The average molecular weight is 211 g/mol. The predicted octanol–water partition coefficient (Wildman–Crippen LogP) is 1.16. The van der Waals surface area contributed by atoms with Crippen molar-refractivity contribution in [2.75, 3.05) is 26.2 Å². The van der Waals surface area contributed by atoms with Gasteiger partial charge in [-0.25, -0.2) is 0 Å². The van der Waals surface area contributed by atoms with Gasteiger partial charge < -0.3 is 5.32 Å². The first-order chi connectivity index (χ1) is 7.05. The summed E-state index contributed by atoms with van der Waals surface area (Å²) in [6.45, 7) is 11.7. The van der Waals surface area contributed by atoms with Crippen LogP contribution in [0, 0.1) is 0 Å². The molecule has 2 heterocycles. The third-order valence-corrected chi connectivity index (χ3v) is 3.70. The Morgan fingerprint density at radius 1 is 1.13 bits per heavy atom. The molecule has 0 aliphatic carbocycles. The number of nitrogens with one attached hydrogen (secondary N) is 2. The average Bonchev–Trinajstić information content (AvgIpc) is 2.18. The van der Waals surface area contributed by atoms with Gasteiger partial charge in [-0.2, -0.15) is 0 Å². The number of hydrogen-bond acceptors (Lipinski definition) is 3. The first-order valence-corrected chi connectivity index (χ1v) is 6.28. The Labute approximate surface area is 93.6 Å². The summed E-state index contributed by atoms with van der Waals surface area (Å²) in [4.78, 5) is 2.66. The summed E-state index contributed by atoms with van der Waals surface area (Å²) in [6, 6.07) is 0. The molecular weight excluding hydrogens is 186 g/mol. The molecular formula is C12H25N3. The van der Waals surface area contributed by atoms with Gasteiger partial charge in [0, 0.05) is 18.6 Å². The quantitative estimate of drug-likeness (QED) is 0.629. The van der Waals surface area contributed by atoms with E-state index in [0.29, 0.717) is 0 Å². The number of nitrogens with zero attached hydrogens (tertiary/aromatic N) is 1. The van der Waals surface area contributed by atoms with Crippen molar-refractivity contribution in [2.24, 2.45) is 0 Å². The fourth-order valence-electron chi connectivity index (χ4n) is 3.12. The molecule has 3 heteroatoms.